The maximum Gasteiger partial charge on any atom is 0.239 e. The minimum atomic E-state index is -0.528. The molecule has 1 aliphatic heterocycles. The molecule has 21 heavy (non-hydrogen) atoms. The van der Waals surface area contributed by atoms with E-state index in [9.17, 15) is 9.90 Å². The number of fused-ring (bicyclic) bond motifs is 1. The molecule has 2 heterocycles. The predicted molar refractivity (Wildman–Crippen MR) is 81.8 cm³/mol. The van der Waals surface area contributed by atoms with Gasteiger partial charge in [-0.2, -0.15) is 0 Å². The van der Waals surface area contributed by atoms with Gasteiger partial charge < -0.3 is 20.7 Å². The second kappa shape index (κ2) is 5.87. The third-order valence-corrected chi connectivity index (χ3v) is 4.21. The van der Waals surface area contributed by atoms with Crippen LogP contribution >= 0.6 is 0 Å². The first kappa shape index (κ1) is 14.1. The van der Waals surface area contributed by atoms with Gasteiger partial charge in [0.2, 0.25) is 5.91 Å². The van der Waals surface area contributed by atoms with Crippen molar-refractivity contribution in [3.8, 4) is 0 Å². The Labute approximate surface area is 123 Å². The lowest BCUT2D eigenvalue weighted by atomic mass is 10.0. The number of nitrogens with one attached hydrogen (secondary N) is 1. The third kappa shape index (κ3) is 2.94. The van der Waals surface area contributed by atoms with Gasteiger partial charge in [0.25, 0.3) is 0 Å². The van der Waals surface area contributed by atoms with Crippen molar-refractivity contribution in [1.29, 1.82) is 0 Å². The number of para-hydroxylation sites is 1. The van der Waals surface area contributed by atoms with Crippen LogP contribution in [0.3, 0.4) is 0 Å². The van der Waals surface area contributed by atoms with Gasteiger partial charge in [-0.25, -0.2) is 0 Å². The summed E-state index contributed by atoms with van der Waals surface area (Å²) in [5.74, 6) is -0.0211. The van der Waals surface area contributed by atoms with Gasteiger partial charge in [0.15, 0.2) is 0 Å². The molecule has 0 bridgehead atoms. The van der Waals surface area contributed by atoms with Crippen molar-refractivity contribution < 1.29 is 9.90 Å². The highest BCUT2D eigenvalue weighted by Crippen LogP contribution is 2.19. The molecule has 1 saturated heterocycles. The summed E-state index contributed by atoms with van der Waals surface area (Å²) in [5, 5.41) is 10.6. The number of aromatic nitrogens is 1. The lowest BCUT2D eigenvalue weighted by Crippen LogP contribution is -2.48. The number of piperidine rings is 1. The molecule has 0 unspecified atom stereocenters. The Balaban J connectivity index is 1.68. The van der Waals surface area contributed by atoms with Crippen molar-refractivity contribution >= 4 is 16.8 Å². The fourth-order valence-electron chi connectivity index (χ4n) is 2.95. The Morgan fingerprint density at radius 1 is 1.38 bits per heavy atom. The lowest BCUT2D eigenvalue weighted by Gasteiger charge is -2.31. The first-order chi connectivity index (χ1) is 10.1. The predicted octanol–water partition coefficient (Wildman–Crippen LogP) is 1.02. The van der Waals surface area contributed by atoms with E-state index in [0.717, 1.165) is 16.5 Å². The number of aliphatic hydroxyl groups is 1. The number of nitrogens with two attached hydrogens (primary N) is 1. The summed E-state index contributed by atoms with van der Waals surface area (Å²) in [5.41, 5.74) is 8.23. The molecule has 3 rings (SSSR count). The lowest BCUT2D eigenvalue weighted by molar-refractivity contribution is -0.134. The van der Waals surface area contributed by atoms with Crippen LogP contribution in [0.5, 0.6) is 0 Å². The van der Waals surface area contributed by atoms with Crippen LogP contribution in [-0.2, 0) is 11.2 Å². The standard InChI is InChI=1S/C16H21N3O2/c17-14(16(21)19-7-5-12(20)6-8-19)9-11-10-18-15-4-2-1-3-13(11)15/h1-4,10,12,14,18,20H,5-9,17H2/t14-/m0/s1. The first-order valence-electron chi connectivity index (χ1n) is 7.42. The molecule has 4 N–H and O–H groups in total. The fourth-order valence-corrected chi connectivity index (χ4v) is 2.95. The monoisotopic (exact) mass is 287 g/mol. The minimum Gasteiger partial charge on any atom is -0.393 e. The van der Waals surface area contributed by atoms with Crippen molar-refractivity contribution in [3.05, 3.63) is 36.0 Å². The highest BCUT2D eigenvalue weighted by Gasteiger charge is 2.26. The Bertz CT molecular complexity index is 629. The van der Waals surface area contributed by atoms with Gasteiger partial charge in [0, 0.05) is 30.2 Å². The summed E-state index contributed by atoms with van der Waals surface area (Å²) in [6, 6.07) is 7.49. The number of benzene rings is 1. The zero-order valence-electron chi connectivity index (χ0n) is 12.0. The normalized spacial score (nSPS) is 18.1. The molecular formula is C16H21N3O2. The topological polar surface area (TPSA) is 82.4 Å². The van der Waals surface area contributed by atoms with Gasteiger partial charge in [-0.1, -0.05) is 18.2 Å². The summed E-state index contributed by atoms with van der Waals surface area (Å²) in [7, 11) is 0. The quantitative estimate of drug-likeness (QED) is 0.788. The molecule has 1 fully saturated rings. The number of nitrogens with zero attached hydrogens (tertiary/aromatic N) is 1. The Morgan fingerprint density at radius 2 is 2.10 bits per heavy atom. The van der Waals surface area contributed by atoms with Crippen molar-refractivity contribution in [2.24, 2.45) is 5.73 Å². The van der Waals surface area contributed by atoms with Crippen molar-refractivity contribution in [3.63, 3.8) is 0 Å². The smallest absolute Gasteiger partial charge is 0.239 e. The molecule has 0 spiro atoms. The van der Waals surface area contributed by atoms with E-state index >= 15 is 0 Å². The van der Waals surface area contributed by atoms with Crippen molar-refractivity contribution in [2.45, 2.75) is 31.4 Å². The highest BCUT2D eigenvalue weighted by atomic mass is 16.3. The molecule has 2 aromatic rings. The van der Waals surface area contributed by atoms with Crippen LogP contribution in [0.25, 0.3) is 10.9 Å². The fraction of sp³-hybridized carbons (Fsp3) is 0.438. The Morgan fingerprint density at radius 3 is 2.86 bits per heavy atom. The molecule has 0 aliphatic carbocycles. The van der Waals surface area contributed by atoms with E-state index in [1.165, 1.54) is 0 Å². The van der Waals surface area contributed by atoms with Crippen molar-refractivity contribution in [2.75, 3.05) is 13.1 Å². The van der Waals surface area contributed by atoms with Crippen LogP contribution in [0.15, 0.2) is 30.5 Å². The zero-order valence-corrected chi connectivity index (χ0v) is 12.0. The van der Waals surface area contributed by atoms with Crippen LogP contribution < -0.4 is 5.73 Å². The van der Waals surface area contributed by atoms with Crippen LogP contribution in [0.1, 0.15) is 18.4 Å². The zero-order chi connectivity index (χ0) is 14.8. The molecule has 5 nitrogen and oxygen atoms in total. The van der Waals surface area contributed by atoms with E-state index in [1.807, 2.05) is 30.5 Å². The Kier molecular flexibility index (Phi) is 3.94. The maximum atomic E-state index is 12.4. The number of carbonyl (C=O) groups is 1. The van der Waals surface area contributed by atoms with Crippen molar-refractivity contribution in [1.82, 2.24) is 9.88 Å². The summed E-state index contributed by atoms with van der Waals surface area (Å²) in [4.78, 5) is 17.4. The van der Waals surface area contributed by atoms with Gasteiger partial charge in [0.05, 0.1) is 12.1 Å². The first-order valence-corrected chi connectivity index (χ1v) is 7.42. The number of carbonyl (C=O) groups excluding carboxylic acids is 1. The van der Waals surface area contributed by atoms with E-state index < -0.39 is 6.04 Å². The SMILES string of the molecule is N[C@@H](Cc1c[nH]c2ccccc12)C(=O)N1CCC(O)CC1. The van der Waals surface area contributed by atoms with Crippen LogP contribution in [0, 0.1) is 0 Å². The second-order valence-corrected chi connectivity index (χ2v) is 5.73. The van der Waals surface area contributed by atoms with E-state index in [4.69, 9.17) is 5.73 Å². The second-order valence-electron chi connectivity index (χ2n) is 5.73. The molecule has 1 aliphatic rings. The number of H-pyrrole nitrogens is 1. The number of hydrogen-bond donors (Lipinski definition) is 3. The van der Waals surface area contributed by atoms with Gasteiger partial charge in [-0.15, -0.1) is 0 Å². The summed E-state index contributed by atoms with van der Waals surface area (Å²) < 4.78 is 0. The van der Waals surface area contributed by atoms with E-state index in [2.05, 4.69) is 4.98 Å². The van der Waals surface area contributed by atoms with E-state index in [0.29, 0.717) is 32.4 Å². The summed E-state index contributed by atoms with van der Waals surface area (Å²) in [6.45, 7) is 1.20. The summed E-state index contributed by atoms with van der Waals surface area (Å²) >= 11 is 0. The molecule has 1 amide bonds. The maximum absolute atomic E-state index is 12.4. The number of amides is 1. The van der Waals surface area contributed by atoms with Gasteiger partial charge in [-0.05, 0) is 30.9 Å². The molecule has 5 heteroatoms. The van der Waals surface area contributed by atoms with Gasteiger partial charge in [-0.3, -0.25) is 4.79 Å². The third-order valence-electron chi connectivity index (χ3n) is 4.21. The minimum absolute atomic E-state index is 0.0211. The molecule has 0 saturated carbocycles. The number of likely N-dealkylation sites (tertiary alicyclic amines) is 1. The largest absolute Gasteiger partial charge is 0.393 e. The van der Waals surface area contributed by atoms with E-state index in [-0.39, 0.29) is 12.0 Å². The molecule has 1 aromatic carbocycles. The van der Waals surface area contributed by atoms with Gasteiger partial charge in [0.1, 0.15) is 0 Å². The number of aromatic amines is 1. The highest BCUT2D eigenvalue weighted by molar-refractivity contribution is 5.86. The van der Waals surface area contributed by atoms with E-state index in [1.54, 1.807) is 4.90 Å². The van der Waals surface area contributed by atoms with Crippen LogP contribution in [0.2, 0.25) is 0 Å². The van der Waals surface area contributed by atoms with Crippen LogP contribution in [0.4, 0.5) is 0 Å². The molecule has 1 atom stereocenters. The average molecular weight is 287 g/mol. The molecule has 112 valence electrons. The molecule has 1 aromatic heterocycles. The van der Waals surface area contributed by atoms with Gasteiger partial charge >= 0.3 is 0 Å². The Hall–Kier alpha value is -1.85. The molecule has 0 radical (unpaired) electrons. The molecular weight excluding hydrogens is 266 g/mol. The number of hydrogen-bond acceptors (Lipinski definition) is 3. The van der Waals surface area contributed by atoms with Crippen LogP contribution in [-0.4, -0.2) is 46.1 Å². The number of rotatable bonds is 3. The summed E-state index contributed by atoms with van der Waals surface area (Å²) in [6.07, 6.45) is 3.47. The average Bonchev–Trinajstić information content (AvgIpc) is 2.91. The number of aliphatic hydroxyl groups excluding tert-OH is 1.